The molecule has 0 heterocycles. The molecule has 3 rings (SSSR count). The minimum atomic E-state index is 0.0187. The summed E-state index contributed by atoms with van der Waals surface area (Å²) in [5, 5.41) is 9.62. The molecule has 1 N–H and O–H groups in total. The van der Waals surface area contributed by atoms with Crippen LogP contribution in [0.15, 0.2) is 11.1 Å². The van der Waals surface area contributed by atoms with Crippen LogP contribution in [0, 0.1) is 29.1 Å². The summed E-state index contributed by atoms with van der Waals surface area (Å²) >= 11 is 0. The Kier molecular flexibility index (Phi) is 2.32. The average Bonchev–Trinajstić information content (AvgIpc) is 2.72. The van der Waals surface area contributed by atoms with Gasteiger partial charge in [0.2, 0.25) is 0 Å². The fraction of sp³-hybridized carbons (Fsp3) is 0.800. The zero-order chi connectivity index (χ0) is 12.4. The van der Waals surface area contributed by atoms with E-state index in [4.69, 9.17) is 0 Å². The second-order valence-electron chi connectivity index (χ2n) is 6.62. The van der Waals surface area contributed by atoms with Gasteiger partial charge in [-0.3, -0.25) is 4.79 Å². The van der Waals surface area contributed by atoms with Crippen molar-refractivity contribution in [2.45, 2.75) is 40.0 Å². The van der Waals surface area contributed by atoms with E-state index in [0.717, 1.165) is 12.0 Å². The van der Waals surface area contributed by atoms with Crippen molar-refractivity contribution in [3.05, 3.63) is 11.1 Å². The standard InChI is InChI=1S/C15H22O2/c1-8-4-5-10-9(2)12(17)6-11-14(13(8)10)15(11,3)7-16/h8,11,13-14,16H,4-7H2,1-3H3/t8-,11-,13-,14-,15+/m1/s1. The molecule has 0 aromatic carbocycles. The number of Topliss-reactive ketones (excluding diaryl/α,β-unsaturated/α-hetero) is 1. The van der Waals surface area contributed by atoms with E-state index >= 15 is 0 Å². The van der Waals surface area contributed by atoms with Crippen molar-refractivity contribution in [3.8, 4) is 0 Å². The van der Waals surface area contributed by atoms with Gasteiger partial charge >= 0.3 is 0 Å². The third-order valence-corrected chi connectivity index (χ3v) is 5.85. The highest BCUT2D eigenvalue weighted by Crippen LogP contribution is 2.69. The average molecular weight is 234 g/mol. The van der Waals surface area contributed by atoms with Crippen LogP contribution in [0.4, 0.5) is 0 Å². The van der Waals surface area contributed by atoms with Gasteiger partial charge in [-0.05, 0) is 54.4 Å². The maximum atomic E-state index is 12.2. The smallest absolute Gasteiger partial charge is 0.158 e. The lowest BCUT2D eigenvalue weighted by Crippen LogP contribution is -2.17. The molecule has 0 amide bonds. The predicted molar refractivity (Wildman–Crippen MR) is 66.4 cm³/mol. The van der Waals surface area contributed by atoms with Crippen molar-refractivity contribution in [3.63, 3.8) is 0 Å². The van der Waals surface area contributed by atoms with Gasteiger partial charge in [0.1, 0.15) is 0 Å². The molecule has 2 nitrogen and oxygen atoms in total. The van der Waals surface area contributed by atoms with Crippen LogP contribution in [0.1, 0.15) is 40.0 Å². The van der Waals surface area contributed by atoms with Gasteiger partial charge in [0, 0.05) is 13.0 Å². The zero-order valence-corrected chi connectivity index (χ0v) is 11.0. The van der Waals surface area contributed by atoms with Crippen molar-refractivity contribution in [2.75, 3.05) is 6.61 Å². The largest absolute Gasteiger partial charge is 0.396 e. The molecule has 0 bridgehead atoms. The van der Waals surface area contributed by atoms with Crippen molar-refractivity contribution in [1.29, 1.82) is 0 Å². The lowest BCUT2D eigenvalue weighted by atomic mass is 9.84. The molecule has 2 saturated carbocycles. The van der Waals surface area contributed by atoms with Crippen LogP contribution in [0.5, 0.6) is 0 Å². The van der Waals surface area contributed by atoms with Crippen LogP contribution >= 0.6 is 0 Å². The summed E-state index contributed by atoms with van der Waals surface area (Å²) in [5.41, 5.74) is 2.49. The number of allylic oxidation sites excluding steroid dienone is 2. The van der Waals surface area contributed by atoms with Gasteiger partial charge in [-0.25, -0.2) is 0 Å². The molecule has 0 spiro atoms. The van der Waals surface area contributed by atoms with Crippen molar-refractivity contribution >= 4 is 5.78 Å². The van der Waals surface area contributed by atoms with Crippen LogP contribution in [0.25, 0.3) is 0 Å². The third-order valence-electron chi connectivity index (χ3n) is 5.85. The summed E-state index contributed by atoms with van der Waals surface area (Å²) in [4.78, 5) is 12.2. The maximum Gasteiger partial charge on any atom is 0.158 e. The highest BCUT2D eigenvalue weighted by atomic mass is 16.3. The topological polar surface area (TPSA) is 37.3 Å². The van der Waals surface area contributed by atoms with E-state index in [1.54, 1.807) is 0 Å². The molecule has 3 aliphatic rings. The monoisotopic (exact) mass is 234 g/mol. The molecule has 0 aliphatic heterocycles. The Morgan fingerprint density at radius 3 is 2.82 bits per heavy atom. The van der Waals surface area contributed by atoms with Gasteiger partial charge in [0.05, 0.1) is 0 Å². The number of aliphatic hydroxyl groups is 1. The summed E-state index contributed by atoms with van der Waals surface area (Å²) in [6.07, 6.45) is 2.99. The number of aliphatic hydroxyl groups excluding tert-OH is 1. The second-order valence-corrected chi connectivity index (χ2v) is 6.62. The van der Waals surface area contributed by atoms with Gasteiger partial charge < -0.3 is 5.11 Å². The Labute approximate surface area is 103 Å². The Morgan fingerprint density at radius 2 is 2.18 bits per heavy atom. The summed E-state index contributed by atoms with van der Waals surface area (Å²) in [6, 6.07) is 0. The number of rotatable bonds is 1. The maximum absolute atomic E-state index is 12.2. The number of hydrogen-bond acceptors (Lipinski definition) is 2. The van der Waals surface area contributed by atoms with E-state index in [9.17, 15) is 9.90 Å². The molecule has 2 heteroatoms. The molecule has 0 aromatic rings. The number of ketones is 1. The number of carbonyl (C=O) groups excluding carboxylic acids is 1. The SMILES string of the molecule is CC1=C2CC[C@@H](C)[C@H]2[C@H]2[C@@H](CC1=O)[C@]2(C)CO. The molecule has 5 atom stereocenters. The fourth-order valence-corrected chi connectivity index (χ4v) is 4.56. The number of hydrogen-bond donors (Lipinski definition) is 1. The minimum Gasteiger partial charge on any atom is -0.396 e. The van der Waals surface area contributed by atoms with Crippen molar-refractivity contribution < 1.29 is 9.90 Å². The second kappa shape index (κ2) is 3.44. The molecule has 17 heavy (non-hydrogen) atoms. The van der Waals surface area contributed by atoms with E-state index in [1.807, 2.05) is 6.92 Å². The third kappa shape index (κ3) is 1.33. The summed E-state index contributed by atoms with van der Waals surface area (Å²) in [7, 11) is 0. The van der Waals surface area contributed by atoms with E-state index < -0.39 is 0 Å². The Morgan fingerprint density at radius 1 is 1.47 bits per heavy atom. The van der Waals surface area contributed by atoms with Gasteiger partial charge in [0.15, 0.2) is 5.78 Å². The van der Waals surface area contributed by atoms with E-state index in [-0.39, 0.29) is 12.0 Å². The first-order chi connectivity index (χ1) is 8.00. The van der Waals surface area contributed by atoms with E-state index in [1.165, 1.54) is 12.0 Å². The number of fused-ring (bicyclic) bond motifs is 3. The first-order valence-electron chi connectivity index (χ1n) is 6.84. The first kappa shape index (κ1) is 11.5. The van der Waals surface area contributed by atoms with E-state index in [0.29, 0.717) is 35.9 Å². The molecule has 0 aromatic heterocycles. The molecule has 0 saturated heterocycles. The first-order valence-corrected chi connectivity index (χ1v) is 6.84. The van der Waals surface area contributed by atoms with Crippen LogP contribution in [0.3, 0.4) is 0 Å². The Bertz CT molecular complexity index is 409. The summed E-state index contributed by atoms with van der Waals surface area (Å²) in [6.45, 7) is 6.74. The lowest BCUT2D eigenvalue weighted by Gasteiger charge is -2.21. The van der Waals surface area contributed by atoms with Crippen molar-refractivity contribution in [2.24, 2.45) is 29.1 Å². The highest BCUT2D eigenvalue weighted by molar-refractivity contribution is 5.96. The summed E-state index contributed by atoms with van der Waals surface area (Å²) < 4.78 is 0. The minimum absolute atomic E-state index is 0.0187. The summed E-state index contributed by atoms with van der Waals surface area (Å²) in [5.74, 6) is 2.58. The zero-order valence-electron chi connectivity index (χ0n) is 11.0. The predicted octanol–water partition coefficient (Wildman–Crippen LogP) is 2.57. The van der Waals surface area contributed by atoms with Crippen LogP contribution in [-0.2, 0) is 4.79 Å². The molecule has 94 valence electrons. The Hall–Kier alpha value is -0.630. The number of carbonyl (C=O) groups is 1. The molecule has 0 unspecified atom stereocenters. The van der Waals surface area contributed by atoms with Crippen molar-refractivity contribution in [1.82, 2.24) is 0 Å². The lowest BCUT2D eigenvalue weighted by molar-refractivity contribution is -0.116. The Balaban J connectivity index is 2.04. The highest BCUT2D eigenvalue weighted by Gasteiger charge is 2.66. The molecule has 3 aliphatic carbocycles. The fourth-order valence-electron chi connectivity index (χ4n) is 4.56. The van der Waals surface area contributed by atoms with Crippen LogP contribution in [0.2, 0.25) is 0 Å². The molecule has 0 radical (unpaired) electrons. The normalized spacial score (nSPS) is 48.8. The quantitative estimate of drug-likeness (QED) is 0.757. The van der Waals surface area contributed by atoms with E-state index in [2.05, 4.69) is 13.8 Å². The molecule has 2 fully saturated rings. The van der Waals surface area contributed by atoms with Gasteiger partial charge in [-0.2, -0.15) is 0 Å². The van der Waals surface area contributed by atoms with Crippen LogP contribution in [-0.4, -0.2) is 17.5 Å². The van der Waals surface area contributed by atoms with Gasteiger partial charge in [-0.1, -0.05) is 19.4 Å². The molecular formula is C15H22O2. The van der Waals surface area contributed by atoms with Crippen LogP contribution < -0.4 is 0 Å². The van der Waals surface area contributed by atoms with Gasteiger partial charge in [-0.15, -0.1) is 0 Å². The molecular weight excluding hydrogens is 212 g/mol. The van der Waals surface area contributed by atoms with Gasteiger partial charge in [0.25, 0.3) is 0 Å².